The summed E-state index contributed by atoms with van der Waals surface area (Å²) in [6.45, 7) is 0. The van der Waals surface area contributed by atoms with Gasteiger partial charge in [-0.3, -0.25) is 0 Å². The molecular formula is C10H11F2NO4S2. The van der Waals surface area contributed by atoms with Crippen molar-refractivity contribution < 1.29 is 25.6 Å². The molecule has 1 saturated heterocycles. The van der Waals surface area contributed by atoms with Crippen LogP contribution in [0.5, 0.6) is 0 Å². The smallest absolute Gasteiger partial charge is 0.229 e. The van der Waals surface area contributed by atoms with Crippen LogP contribution in [0.15, 0.2) is 23.1 Å². The highest BCUT2D eigenvalue weighted by Crippen LogP contribution is 2.20. The van der Waals surface area contributed by atoms with Crippen molar-refractivity contribution in [2.24, 2.45) is 0 Å². The summed E-state index contributed by atoms with van der Waals surface area (Å²) >= 11 is 0. The predicted octanol–water partition coefficient (Wildman–Crippen LogP) is 0.430. The molecule has 1 aliphatic rings. The van der Waals surface area contributed by atoms with Crippen LogP contribution in [0, 0.1) is 11.6 Å². The third-order valence-electron chi connectivity index (χ3n) is 2.74. The van der Waals surface area contributed by atoms with Gasteiger partial charge in [0, 0.05) is 6.04 Å². The van der Waals surface area contributed by atoms with Crippen molar-refractivity contribution in [1.29, 1.82) is 0 Å². The SMILES string of the molecule is O=S1(=O)CC[C@@H](NS(=O)(=O)c2c(F)cccc2F)C1. The lowest BCUT2D eigenvalue weighted by atomic mass is 10.3. The van der Waals surface area contributed by atoms with Gasteiger partial charge in [-0.2, -0.15) is 0 Å². The number of rotatable bonds is 3. The molecule has 5 nitrogen and oxygen atoms in total. The fraction of sp³-hybridized carbons (Fsp3) is 0.400. The van der Waals surface area contributed by atoms with E-state index in [0.717, 1.165) is 18.2 Å². The summed E-state index contributed by atoms with van der Waals surface area (Å²) in [6, 6.07) is 1.84. The molecule has 0 saturated carbocycles. The second-order valence-corrected chi connectivity index (χ2v) is 8.15. The van der Waals surface area contributed by atoms with E-state index in [1.807, 2.05) is 4.72 Å². The first-order valence-corrected chi connectivity index (χ1v) is 8.68. The average molecular weight is 311 g/mol. The molecule has 1 fully saturated rings. The Morgan fingerprint density at radius 2 is 1.79 bits per heavy atom. The molecule has 0 aliphatic carbocycles. The Hall–Kier alpha value is -1.06. The molecule has 1 heterocycles. The summed E-state index contributed by atoms with van der Waals surface area (Å²) in [5.41, 5.74) is 0. The molecule has 1 aromatic carbocycles. The van der Waals surface area contributed by atoms with Gasteiger partial charge in [0.2, 0.25) is 10.0 Å². The average Bonchev–Trinajstić information content (AvgIpc) is 2.56. The normalized spacial score (nSPS) is 22.5. The van der Waals surface area contributed by atoms with Crippen molar-refractivity contribution in [3.05, 3.63) is 29.8 Å². The van der Waals surface area contributed by atoms with E-state index < -0.39 is 42.4 Å². The number of sulfonamides is 1. The maximum atomic E-state index is 13.4. The summed E-state index contributed by atoms with van der Waals surface area (Å²) in [5.74, 6) is -2.93. The zero-order chi connectivity index (χ0) is 14.3. The Morgan fingerprint density at radius 3 is 2.26 bits per heavy atom. The van der Waals surface area contributed by atoms with Crippen LogP contribution >= 0.6 is 0 Å². The maximum absolute atomic E-state index is 13.4. The van der Waals surface area contributed by atoms with Gasteiger partial charge >= 0.3 is 0 Å². The number of benzene rings is 1. The first-order chi connectivity index (χ1) is 8.71. The topological polar surface area (TPSA) is 80.3 Å². The third kappa shape index (κ3) is 3.10. The van der Waals surface area contributed by atoms with E-state index in [2.05, 4.69) is 0 Å². The molecule has 19 heavy (non-hydrogen) atoms. The molecule has 106 valence electrons. The van der Waals surface area contributed by atoms with Crippen LogP contribution in [0.25, 0.3) is 0 Å². The maximum Gasteiger partial charge on any atom is 0.246 e. The molecule has 1 atom stereocenters. The second-order valence-electron chi connectivity index (χ2n) is 4.27. The lowest BCUT2D eigenvalue weighted by Crippen LogP contribution is -2.36. The highest BCUT2D eigenvalue weighted by Gasteiger charge is 2.33. The molecule has 9 heteroatoms. The largest absolute Gasteiger partial charge is 0.246 e. The van der Waals surface area contributed by atoms with Crippen molar-refractivity contribution >= 4 is 19.9 Å². The number of sulfone groups is 1. The Morgan fingerprint density at radius 1 is 1.21 bits per heavy atom. The van der Waals surface area contributed by atoms with Gasteiger partial charge in [0.1, 0.15) is 11.6 Å². The summed E-state index contributed by atoms with van der Waals surface area (Å²) in [6.07, 6.45) is 0.0949. The zero-order valence-corrected chi connectivity index (χ0v) is 11.3. The molecule has 0 unspecified atom stereocenters. The minimum Gasteiger partial charge on any atom is -0.229 e. The zero-order valence-electron chi connectivity index (χ0n) is 9.64. The summed E-state index contributed by atoms with van der Waals surface area (Å²) in [5, 5.41) is 0. The number of halogens is 2. The predicted molar refractivity (Wildman–Crippen MR) is 63.7 cm³/mol. The van der Waals surface area contributed by atoms with Crippen LogP contribution in [0.4, 0.5) is 8.78 Å². The second kappa shape index (κ2) is 4.80. The summed E-state index contributed by atoms with van der Waals surface area (Å²) in [7, 11) is -7.70. The third-order valence-corrected chi connectivity index (χ3v) is 6.08. The van der Waals surface area contributed by atoms with Crippen molar-refractivity contribution in [3.8, 4) is 0 Å². The van der Waals surface area contributed by atoms with E-state index in [-0.39, 0.29) is 17.9 Å². The van der Waals surface area contributed by atoms with Gasteiger partial charge in [-0.1, -0.05) is 6.07 Å². The Kier molecular flexibility index (Phi) is 3.63. The van der Waals surface area contributed by atoms with Crippen molar-refractivity contribution in [2.45, 2.75) is 17.4 Å². The van der Waals surface area contributed by atoms with E-state index in [1.165, 1.54) is 0 Å². The lowest BCUT2D eigenvalue weighted by Gasteiger charge is -2.12. The molecule has 0 radical (unpaired) electrons. The molecule has 0 aromatic heterocycles. The highest BCUT2D eigenvalue weighted by atomic mass is 32.2. The fourth-order valence-electron chi connectivity index (χ4n) is 1.91. The summed E-state index contributed by atoms with van der Waals surface area (Å²) < 4.78 is 74.9. The highest BCUT2D eigenvalue weighted by molar-refractivity contribution is 7.92. The molecule has 0 amide bonds. The molecule has 2 rings (SSSR count). The monoisotopic (exact) mass is 311 g/mol. The number of nitrogens with one attached hydrogen (secondary N) is 1. The Bertz CT molecular complexity index is 680. The van der Waals surface area contributed by atoms with E-state index >= 15 is 0 Å². The molecule has 0 bridgehead atoms. The van der Waals surface area contributed by atoms with Crippen LogP contribution in [0.2, 0.25) is 0 Å². The standard InChI is InChI=1S/C10H11F2NO4S2/c11-8-2-1-3-9(12)10(8)19(16,17)13-7-4-5-18(14,15)6-7/h1-3,7,13H,4-6H2/t7-/m1/s1. The van der Waals surface area contributed by atoms with Crippen LogP contribution < -0.4 is 4.72 Å². The number of hydrogen-bond donors (Lipinski definition) is 1. The molecule has 0 spiro atoms. The van der Waals surface area contributed by atoms with E-state index in [1.54, 1.807) is 0 Å². The molecule has 1 aliphatic heterocycles. The van der Waals surface area contributed by atoms with Crippen LogP contribution in [0.3, 0.4) is 0 Å². The van der Waals surface area contributed by atoms with Gasteiger partial charge in [-0.15, -0.1) is 0 Å². The van der Waals surface area contributed by atoms with E-state index in [4.69, 9.17) is 0 Å². The molecule has 1 N–H and O–H groups in total. The van der Waals surface area contributed by atoms with Gasteiger partial charge in [-0.05, 0) is 18.6 Å². The quantitative estimate of drug-likeness (QED) is 0.878. The van der Waals surface area contributed by atoms with Gasteiger partial charge in [-0.25, -0.2) is 30.3 Å². The lowest BCUT2D eigenvalue weighted by molar-refractivity contribution is 0.508. The van der Waals surface area contributed by atoms with Gasteiger partial charge in [0.25, 0.3) is 0 Å². The van der Waals surface area contributed by atoms with Crippen LogP contribution in [-0.4, -0.2) is 34.4 Å². The van der Waals surface area contributed by atoms with Crippen molar-refractivity contribution in [1.82, 2.24) is 4.72 Å². The van der Waals surface area contributed by atoms with Gasteiger partial charge in [0.05, 0.1) is 11.5 Å². The molecular weight excluding hydrogens is 300 g/mol. The van der Waals surface area contributed by atoms with Crippen LogP contribution in [-0.2, 0) is 19.9 Å². The van der Waals surface area contributed by atoms with E-state index in [0.29, 0.717) is 0 Å². The Labute approximate surface area is 109 Å². The minimum absolute atomic E-state index is 0.0949. The fourth-order valence-corrected chi connectivity index (χ4v) is 5.09. The van der Waals surface area contributed by atoms with Gasteiger partial charge in [0.15, 0.2) is 14.7 Å². The van der Waals surface area contributed by atoms with Crippen molar-refractivity contribution in [3.63, 3.8) is 0 Å². The van der Waals surface area contributed by atoms with Gasteiger partial charge < -0.3 is 0 Å². The molecule has 1 aromatic rings. The first kappa shape index (κ1) is 14.4. The van der Waals surface area contributed by atoms with E-state index in [9.17, 15) is 25.6 Å². The minimum atomic E-state index is -4.42. The van der Waals surface area contributed by atoms with Crippen LogP contribution in [0.1, 0.15) is 6.42 Å². The van der Waals surface area contributed by atoms with Crippen molar-refractivity contribution in [2.75, 3.05) is 11.5 Å². The summed E-state index contributed by atoms with van der Waals surface area (Å²) in [4.78, 5) is -1.08. The first-order valence-electron chi connectivity index (χ1n) is 5.38. The number of hydrogen-bond acceptors (Lipinski definition) is 4. The Balaban J connectivity index is 2.29.